The van der Waals surface area contributed by atoms with E-state index in [2.05, 4.69) is 32.8 Å². The Morgan fingerprint density at radius 3 is 2.80 bits per heavy atom. The molecule has 0 fully saturated rings. The highest BCUT2D eigenvalue weighted by molar-refractivity contribution is 9.10. The van der Waals surface area contributed by atoms with Crippen molar-refractivity contribution in [2.24, 2.45) is 0 Å². The molecule has 2 N–H and O–H groups in total. The number of benzene rings is 2. The number of rotatable bonds is 3. The highest BCUT2D eigenvalue weighted by Gasteiger charge is 2.19. The molecule has 5 nitrogen and oxygen atoms in total. The molecule has 1 heterocycles. The van der Waals surface area contributed by atoms with Crippen molar-refractivity contribution in [3.8, 4) is 0 Å². The van der Waals surface area contributed by atoms with Crippen molar-refractivity contribution in [1.82, 2.24) is 10.9 Å². The molecule has 2 aromatic rings. The molecule has 2 aromatic carbocycles. The van der Waals surface area contributed by atoms with Crippen LogP contribution in [0, 0.1) is 5.82 Å². The third-order valence-electron chi connectivity index (χ3n) is 4.03. The van der Waals surface area contributed by atoms with Crippen LogP contribution in [0.2, 0.25) is 0 Å². The van der Waals surface area contributed by atoms with Gasteiger partial charge in [0.1, 0.15) is 5.82 Å². The first-order valence-corrected chi connectivity index (χ1v) is 8.71. The number of halogens is 2. The Bertz CT molecular complexity index is 813. The lowest BCUT2D eigenvalue weighted by atomic mass is 10.0. The number of nitrogens with zero attached hydrogens (tertiary/aromatic N) is 1. The van der Waals surface area contributed by atoms with Crippen molar-refractivity contribution in [2.45, 2.75) is 12.8 Å². The van der Waals surface area contributed by atoms with E-state index in [1.807, 2.05) is 23.1 Å². The molecule has 0 spiro atoms. The minimum absolute atomic E-state index is 0.123. The molecule has 0 aliphatic carbocycles. The molecule has 7 heteroatoms. The second-order valence-electron chi connectivity index (χ2n) is 5.78. The summed E-state index contributed by atoms with van der Waals surface area (Å²) in [4.78, 5) is 26.1. The van der Waals surface area contributed by atoms with E-state index in [1.165, 1.54) is 23.8 Å². The smallest absolute Gasteiger partial charge is 0.272 e. The predicted molar refractivity (Wildman–Crippen MR) is 96.7 cm³/mol. The Morgan fingerprint density at radius 1 is 1.16 bits per heavy atom. The first-order chi connectivity index (χ1) is 12.0. The average Bonchev–Trinajstić information content (AvgIpc) is 2.62. The van der Waals surface area contributed by atoms with E-state index in [4.69, 9.17) is 0 Å². The third-order valence-corrected chi connectivity index (χ3v) is 4.52. The number of carbonyl (C=O) groups excluding carboxylic acids is 2. The lowest BCUT2D eigenvalue weighted by molar-refractivity contribution is -0.120. The maximum Gasteiger partial charge on any atom is 0.272 e. The van der Waals surface area contributed by atoms with Gasteiger partial charge in [0.2, 0.25) is 0 Å². The van der Waals surface area contributed by atoms with Crippen LogP contribution < -0.4 is 15.8 Å². The van der Waals surface area contributed by atoms with Gasteiger partial charge in [-0.05, 0) is 42.7 Å². The van der Waals surface area contributed by atoms with E-state index < -0.39 is 11.7 Å². The van der Waals surface area contributed by atoms with E-state index >= 15 is 0 Å². The standard InChI is InChI=1S/C18H17BrFN3O2/c19-13-7-8-15(20)14(10-13)18(25)22-21-17(24)11-23-9-3-5-12-4-1-2-6-16(12)23/h1-2,4,6-8,10H,3,5,9,11H2,(H,21,24)(H,22,25). The second-order valence-corrected chi connectivity index (χ2v) is 6.70. The molecule has 25 heavy (non-hydrogen) atoms. The SMILES string of the molecule is O=C(CN1CCCc2ccccc21)NNC(=O)c1cc(Br)ccc1F. The fourth-order valence-electron chi connectivity index (χ4n) is 2.85. The first-order valence-electron chi connectivity index (χ1n) is 7.91. The number of hydrazine groups is 1. The van der Waals surface area contributed by atoms with E-state index in [0.717, 1.165) is 25.1 Å². The lowest BCUT2D eigenvalue weighted by Crippen LogP contribution is -2.47. The predicted octanol–water partition coefficient (Wildman–Crippen LogP) is 2.80. The molecular weight excluding hydrogens is 389 g/mol. The van der Waals surface area contributed by atoms with Crippen LogP contribution in [0.25, 0.3) is 0 Å². The topological polar surface area (TPSA) is 61.4 Å². The van der Waals surface area contributed by atoms with Crippen LogP contribution in [-0.2, 0) is 11.2 Å². The van der Waals surface area contributed by atoms with Gasteiger partial charge in [-0.3, -0.25) is 20.4 Å². The summed E-state index contributed by atoms with van der Waals surface area (Å²) in [5.74, 6) is -1.72. The number of anilines is 1. The molecule has 1 aliphatic rings. The van der Waals surface area contributed by atoms with Gasteiger partial charge >= 0.3 is 0 Å². The lowest BCUT2D eigenvalue weighted by Gasteiger charge is -2.30. The maximum atomic E-state index is 13.7. The van der Waals surface area contributed by atoms with Crippen LogP contribution in [0.4, 0.5) is 10.1 Å². The number of hydrogen-bond acceptors (Lipinski definition) is 3. The monoisotopic (exact) mass is 405 g/mol. The molecule has 0 aromatic heterocycles. The summed E-state index contributed by atoms with van der Waals surface area (Å²) in [7, 11) is 0. The number of fused-ring (bicyclic) bond motifs is 1. The summed E-state index contributed by atoms with van der Waals surface area (Å²) in [5.41, 5.74) is 6.70. The van der Waals surface area contributed by atoms with Crippen molar-refractivity contribution in [2.75, 3.05) is 18.0 Å². The third kappa shape index (κ3) is 4.17. The Kier molecular flexibility index (Phi) is 5.33. The molecule has 2 amide bonds. The summed E-state index contributed by atoms with van der Waals surface area (Å²) in [6.45, 7) is 0.900. The molecule has 1 aliphatic heterocycles. The van der Waals surface area contributed by atoms with Crippen LogP contribution in [-0.4, -0.2) is 24.9 Å². The highest BCUT2D eigenvalue weighted by Crippen LogP contribution is 2.26. The maximum absolute atomic E-state index is 13.7. The minimum Gasteiger partial charge on any atom is -0.362 e. The zero-order valence-electron chi connectivity index (χ0n) is 13.4. The molecule has 0 radical (unpaired) electrons. The molecular formula is C18H17BrFN3O2. The molecule has 0 atom stereocenters. The van der Waals surface area contributed by atoms with E-state index in [9.17, 15) is 14.0 Å². The van der Waals surface area contributed by atoms with Crippen molar-refractivity contribution in [3.05, 3.63) is 63.9 Å². The van der Waals surface area contributed by atoms with Gasteiger partial charge in [0.05, 0.1) is 12.1 Å². The molecule has 0 bridgehead atoms. The second kappa shape index (κ2) is 7.65. The number of hydrogen-bond donors (Lipinski definition) is 2. The van der Waals surface area contributed by atoms with Gasteiger partial charge in [-0.2, -0.15) is 0 Å². The summed E-state index contributed by atoms with van der Waals surface area (Å²) in [6.07, 6.45) is 1.97. The van der Waals surface area contributed by atoms with Crippen LogP contribution in [0.15, 0.2) is 46.9 Å². The van der Waals surface area contributed by atoms with Crippen LogP contribution >= 0.6 is 15.9 Å². The molecule has 3 rings (SSSR count). The zero-order chi connectivity index (χ0) is 17.8. The average molecular weight is 406 g/mol. The Morgan fingerprint density at radius 2 is 1.96 bits per heavy atom. The fourth-order valence-corrected chi connectivity index (χ4v) is 3.22. The van der Waals surface area contributed by atoms with Gasteiger partial charge in [-0.1, -0.05) is 34.1 Å². The Labute approximate surface area is 153 Å². The summed E-state index contributed by atoms with van der Waals surface area (Å²) < 4.78 is 14.3. The molecule has 0 saturated heterocycles. The van der Waals surface area contributed by atoms with Crippen LogP contribution in [0.3, 0.4) is 0 Å². The van der Waals surface area contributed by atoms with Gasteiger partial charge in [-0.25, -0.2) is 4.39 Å². The molecule has 130 valence electrons. The number of nitrogens with one attached hydrogen (secondary N) is 2. The normalized spacial score (nSPS) is 13.1. The minimum atomic E-state index is -0.703. The summed E-state index contributed by atoms with van der Waals surface area (Å²) in [6, 6.07) is 12.0. The zero-order valence-corrected chi connectivity index (χ0v) is 15.0. The van der Waals surface area contributed by atoms with Gasteiger partial charge in [0, 0.05) is 16.7 Å². The highest BCUT2D eigenvalue weighted by atomic mass is 79.9. The molecule has 0 saturated carbocycles. The number of para-hydroxylation sites is 1. The first kappa shape index (κ1) is 17.4. The van der Waals surface area contributed by atoms with Crippen molar-refractivity contribution in [3.63, 3.8) is 0 Å². The van der Waals surface area contributed by atoms with Gasteiger partial charge in [0.25, 0.3) is 11.8 Å². The van der Waals surface area contributed by atoms with Crippen molar-refractivity contribution >= 4 is 33.4 Å². The van der Waals surface area contributed by atoms with E-state index in [0.29, 0.717) is 4.47 Å². The van der Waals surface area contributed by atoms with Crippen molar-refractivity contribution in [1.29, 1.82) is 0 Å². The summed E-state index contributed by atoms with van der Waals surface area (Å²) in [5, 5.41) is 0. The Hall–Kier alpha value is -2.41. The van der Waals surface area contributed by atoms with E-state index in [1.54, 1.807) is 0 Å². The Balaban J connectivity index is 1.59. The van der Waals surface area contributed by atoms with Crippen LogP contribution in [0.5, 0.6) is 0 Å². The van der Waals surface area contributed by atoms with E-state index in [-0.39, 0.29) is 18.0 Å². The largest absolute Gasteiger partial charge is 0.362 e. The molecule has 0 unspecified atom stereocenters. The fraction of sp³-hybridized carbons (Fsp3) is 0.222. The number of carbonyl (C=O) groups is 2. The summed E-state index contributed by atoms with van der Waals surface area (Å²) >= 11 is 3.19. The number of amides is 2. The quantitative estimate of drug-likeness (QED) is 0.771. The van der Waals surface area contributed by atoms with Crippen molar-refractivity contribution < 1.29 is 14.0 Å². The number of aryl methyl sites for hydroxylation is 1. The van der Waals surface area contributed by atoms with Crippen LogP contribution in [0.1, 0.15) is 22.3 Å². The van der Waals surface area contributed by atoms with Gasteiger partial charge in [-0.15, -0.1) is 0 Å². The van der Waals surface area contributed by atoms with Gasteiger partial charge in [0.15, 0.2) is 0 Å². The van der Waals surface area contributed by atoms with Gasteiger partial charge < -0.3 is 4.90 Å².